The molecule has 5 rings (SSSR count). The number of nitrogens with one attached hydrogen (secondary N) is 2. The molecule has 2 aliphatic heterocycles. The molecule has 2 aliphatic rings. The Labute approximate surface area is 354 Å². The highest BCUT2D eigenvalue weighted by Gasteiger charge is 2.39. The number of carbonyl (C=O) groups excluding carboxylic acids is 5. The molecule has 13 heteroatoms. The number of nitrogens with zero attached hydrogens (tertiary/aromatic N) is 2. The van der Waals surface area contributed by atoms with E-state index < -0.39 is 36.2 Å². The predicted molar refractivity (Wildman–Crippen MR) is 226 cm³/mol. The zero-order chi connectivity index (χ0) is 42.4. The van der Waals surface area contributed by atoms with Crippen LogP contribution in [0.25, 0.3) is 0 Å². The van der Waals surface area contributed by atoms with E-state index in [0.717, 1.165) is 48.8 Å². The molecule has 2 heterocycles. The number of alkyl carbamates (subject to hydrolysis) is 1. The molecule has 13 nitrogen and oxygen atoms in total. The van der Waals surface area contributed by atoms with E-state index in [2.05, 4.69) is 10.6 Å². The summed E-state index contributed by atoms with van der Waals surface area (Å²) in [6, 6.07) is 26.3. The molecule has 3 amide bonds. The number of rotatable bonds is 22. The van der Waals surface area contributed by atoms with Gasteiger partial charge in [-0.15, -0.1) is 0 Å². The first-order valence-electron chi connectivity index (χ1n) is 21.6. The number of esters is 2. The van der Waals surface area contributed by atoms with Gasteiger partial charge in [-0.25, -0.2) is 14.4 Å². The highest BCUT2D eigenvalue weighted by atomic mass is 16.6. The summed E-state index contributed by atoms with van der Waals surface area (Å²) in [5.41, 5.74) is 2.71. The van der Waals surface area contributed by atoms with Crippen molar-refractivity contribution in [1.82, 2.24) is 20.4 Å². The third-order valence-electron chi connectivity index (χ3n) is 11.1. The summed E-state index contributed by atoms with van der Waals surface area (Å²) in [7, 11) is 0. The lowest BCUT2D eigenvalue weighted by atomic mass is 9.91. The first-order chi connectivity index (χ1) is 29.3. The maximum absolute atomic E-state index is 14.3. The third-order valence-corrected chi connectivity index (χ3v) is 11.1. The van der Waals surface area contributed by atoms with Gasteiger partial charge >= 0.3 is 24.1 Å². The molecule has 0 spiro atoms. The molecule has 2 fully saturated rings. The Kier molecular flexibility index (Phi) is 19.2. The van der Waals surface area contributed by atoms with Crippen molar-refractivity contribution in [3.8, 4) is 0 Å². The molecule has 3 aromatic carbocycles. The van der Waals surface area contributed by atoms with Gasteiger partial charge in [0.2, 0.25) is 5.91 Å². The first-order valence-corrected chi connectivity index (χ1v) is 21.6. The number of hydrogen-bond acceptors (Lipinski definition) is 10. The van der Waals surface area contributed by atoms with Crippen LogP contribution in [0.5, 0.6) is 0 Å². The van der Waals surface area contributed by atoms with Crippen molar-refractivity contribution in [2.75, 3.05) is 32.8 Å². The summed E-state index contributed by atoms with van der Waals surface area (Å²) >= 11 is 0. The van der Waals surface area contributed by atoms with Crippen molar-refractivity contribution < 1.29 is 42.9 Å². The largest absolute Gasteiger partial charge is 0.465 e. The van der Waals surface area contributed by atoms with Crippen LogP contribution >= 0.6 is 0 Å². The standard InChI is InChI=1S/C47H62N4O9/c1-2-57-44(53)41(25-13-12-17-36-27-31-50(32-28-36)47(56)60-35-39-22-10-5-11-23-39)49-40(24-14-15-29-48-46(55)59-34-38-20-8-4-9-21-38)43(52)51-30-16-26-42(51)45(54)58-33-37-18-6-3-7-19-37/h3-11,18-23,36,40-42,49H,2,12-17,24-35H2,1H3,(H,48,55)/t40-,41+,42-/m0/s1. The van der Waals surface area contributed by atoms with E-state index in [1.54, 1.807) is 16.7 Å². The average Bonchev–Trinajstić information content (AvgIpc) is 3.78. The van der Waals surface area contributed by atoms with Crippen LogP contribution in [0.3, 0.4) is 0 Å². The normalized spacial score (nSPS) is 16.4. The molecule has 0 unspecified atom stereocenters. The second kappa shape index (κ2) is 25.3. The number of likely N-dealkylation sites (tertiary alicyclic amines) is 2. The van der Waals surface area contributed by atoms with Crippen LogP contribution in [-0.4, -0.2) is 90.7 Å². The summed E-state index contributed by atoms with van der Waals surface area (Å²) in [6.07, 6.45) is 6.71. The smallest absolute Gasteiger partial charge is 0.410 e. The molecule has 0 aromatic heterocycles. The fourth-order valence-electron chi connectivity index (χ4n) is 7.77. The van der Waals surface area contributed by atoms with Crippen LogP contribution in [0.1, 0.15) is 94.2 Å². The lowest BCUT2D eigenvalue weighted by Gasteiger charge is -2.31. The molecule has 0 radical (unpaired) electrons. The summed E-state index contributed by atoms with van der Waals surface area (Å²) in [5.74, 6) is -0.656. The van der Waals surface area contributed by atoms with Gasteiger partial charge in [-0.05, 0) is 80.9 Å². The molecule has 0 aliphatic carbocycles. The highest BCUT2D eigenvalue weighted by Crippen LogP contribution is 2.25. The summed E-state index contributed by atoms with van der Waals surface area (Å²) < 4.78 is 22.0. The molecule has 3 atom stereocenters. The SMILES string of the molecule is CCOC(=O)[C@@H](CCCCC1CCN(C(=O)OCc2ccccc2)CC1)N[C@@H](CCCCNC(=O)OCc1ccccc1)C(=O)N1CCC[C@H]1C(=O)OCc1ccccc1. The maximum Gasteiger partial charge on any atom is 0.410 e. The van der Waals surface area contributed by atoms with E-state index in [1.807, 2.05) is 91.0 Å². The minimum Gasteiger partial charge on any atom is -0.465 e. The van der Waals surface area contributed by atoms with Crippen LogP contribution in [-0.2, 0) is 53.2 Å². The van der Waals surface area contributed by atoms with Crippen molar-refractivity contribution in [1.29, 1.82) is 0 Å². The zero-order valence-electron chi connectivity index (χ0n) is 35.0. The van der Waals surface area contributed by atoms with Gasteiger partial charge in [0, 0.05) is 26.2 Å². The Morgan fingerprint density at radius 3 is 1.83 bits per heavy atom. The Balaban J connectivity index is 1.13. The van der Waals surface area contributed by atoms with E-state index in [0.29, 0.717) is 70.6 Å². The molecular formula is C47H62N4O9. The maximum atomic E-state index is 14.3. The van der Waals surface area contributed by atoms with Crippen molar-refractivity contribution >= 4 is 30.0 Å². The van der Waals surface area contributed by atoms with Crippen LogP contribution in [0.15, 0.2) is 91.0 Å². The van der Waals surface area contributed by atoms with E-state index >= 15 is 0 Å². The summed E-state index contributed by atoms with van der Waals surface area (Å²) in [5, 5.41) is 6.14. The van der Waals surface area contributed by atoms with Crippen molar-refractivity contribution in [2.45, 2.75) is 115 Å². The molecule has 60 heavy (non-hydrogen) atoms. The number of amides is 3. The van der Waals surface area contributed by atoms with Gasteiger partial charge < -0.3 is 34.1 Å². The fourth-order valence-corrected chi connectivity index (χ4v) is 7.77. The van der Waals surface area contributed by atoms with Crippen LogP contribution in [0.2, 0.25) is 0 Å². The fraction of sp³-hybridized carbons (Fsp3) is 0.511. The van der Waals surface area contributed by atoms with Gasteiger partial charge in [0.15, 0.2) is 0 Å². The van der Waals surface area contributed by atoms with Crippen molar-refractivity contribution in [3.05, 3.63) is 108 Å². The van der Waals surface area contributed by atoms with E-state index in [1.165, 1.54) is 0 Å². The van der Waals surface area contributed by atoms with Gasteiger partial charge in [0.05, 0.1) is 12.6 Å². The number of piperidine rings is 1. The average molecular weight is 827 g/mol. The van der Waals surface area contributed by atoms with Crippen LogP contribution in [0.4, 0.5) is 9.59 Å². The van der Waals surface area contributed by atoms with Gasteiger partial charge in [-0.2, -0.15) is 0 Å². The molecule has 0 bridgehead atoms. The number of ether oxygens (including phenoxy) is 4. The quantitative estimate of drug-likeness (QED) is 0.0599. The predicted octanol–water partition coefficient (Wildman–Crippen LogP) is 7.32. The highest BCUT2D eigenvalue weighted by molar-refractivity contribution is 5.89. The Morgan fingerprint density at radius 2 is 1.22 bits per heavy atom. The van der Waals surface area contributed by atoms with E-state index in [-0.39, 0.29) is 38.4 Å². The van der Waals surface area contributed by atoms with Gasteiger partial charge in [-0.1, -0.05) is 110 Å². The topological polar surface area (TPSA) is 153 Å². The minimum absolute atomic E-state index is 0.117. The van der Waals surface area contributed by atoms with Gasteiger partial charge in [-0.3, -0.25) is 14.9 Å². The molecular weight excluding hydrogens is 765 g/mol. The lowest BCUT2D eigenvalue weighted by molar-refractivity contribution is -0.155. The van der Waals surface area contributed by atoms with Crippen molar-refractivity contribution in [2.24, 2.45) is 5.92 Å². The van der Waals surface area contributed by atoms with E-state index in [4.69, 9.17) is 18.9 Å². The summed E-state index contributed by atoms with van der Waals surface area (Å²) in [4.78, 5) is 69.4. The molecule has 324 valence electrons. The number of hydrogen-bond donors (Lipinski definition) is 2. The number of carbonyl (C=O) groups is 5. The number of unbranched alkanes of at least 4 members (excludes halogenated alkanes) is 2. The van der Waals surface area contributed by atoms with Crippen LogP contribution in [0, 0.1) is 5.92 Å². The second-order valence-electron chi connectivity index (χ2n) is 15.5. The Hall–Kier alpha value is -5.43. The third kappa shape index (κ3) is 15.3. The first kappa shape index (κ1) is 45.7. The van der Waals surface area contributed by atoms with Gasteiger partial charge in [0.25, 0.3) is 0 Å². The Bertz CT molecular complexity index is 1760. The molecule has 3 aromatic rings. The monoisotopic (exact) mass is 826 g/mol. The van der Waals surface area contributed by atoms with E-state index in [9.17, 15) is 24.0 Å². The molecule has 2 saturated heterocycles. The second-order valence-corrected chi connectivity index (χ2v) is 15.5. The van der Waals surface area contributed by atoms with Crippen LogP contribution < -0.4 is 10.6 Å². The molecule has 0 saturated carbocycles. The van der Waals surface area contributed by atoms with Gasteiger partial charge in [0.1, 0.15) is 31.9 Å². The molecule has 2 N–H and O–H groups in total. The summed E-state index contributed by atoms with van der Waals surface area (Å²) in [6.45, 7) is 4.56. The lowest BCUT2D eigenvalue weighted by Crippen LogP contribution is -2.54. The van der Waals surface area contributed by atoms with Crippen molar-refractivity contribution in [3.63, 3.8) is 0 Å². The minimum atomic E-state index is -0.766. The Morgan fingerprint density at radius 1 is 0.650 bits per heavy atom. The zero-order valence-corrected chi connectivity index (χ0v) is 35.0. The number of benzene rings is 3.